The molecule has 0 radical (unpaired) electrons. The molecule has 3 aliphatic rings. The van der Waals surface area contributed by atoms with Gasteiger partial charge in [-0.15, -0.1) is 5.10 Å². The maximum absolute atomic E-state index is 12.7. The number of fused-ring (bicyclic) bond motifs is 3. The van der Waals surface area contributed by atoms with Crippen LogP contribution in [0.5, 0.6) is 0 Å². The van der Waals surface area contributed by atoms with Gasteiger partial charge < -0.3 is 14.6 Å². The summed E-state index contributed by atoms with van der Waals surface area (Å²) in [7, 11) is 0. The molecule has 146 valence electrons. The molecule has 1 unspecified atom stereocenters. The molecule has 5 heterocycles. The van der Waals surface area contributed by atoms with Gasteiger partial charge in [0.25, 0.3) is 0 Å². The van der Waals surface area contributed by atoms with Crippen molar-refractivity contribution in [2.45, 2.75) is 58.2 Å². The Morgan fingerprint density at radius 1 is 1.44 bits per heavy atom. The third-order valence-corrected chi connectivity index (χ3v) is 6.12. The molecular formula is C20H30N5O2+. The van der Waals surface area contributed by atoms with Crippen molar-refractivity contribution in [3.05, 3.63) is 36.0 Å². The van der Waals surface area contributed by atoms with Crippen LogP contribution in [0.15, 0.2) is 29.0 Å². The molecule has 7 nitrogen and oxygen atoms in total. The fourth-order valence-electron chi connectivity index (χ4n) is 4.49. The lowest BCUT2D eigenvalue weighted by atomic mass is 9.75. The predicted molar refractivity (Wildman–Crippen MR) is 100.0 cm³/mol. The van der Waals surface area contributed by atoms with Gasteiger partial charge >= 0.3 is 0 Å². The largest absolute Gasteiger partial charge is 0.467 e. The molecule has 5 rings (SSSR count). The van der Waals surface area contributed by atoms with Gasteiger partial charge in [-0.1, -0.05) is 26.0 Å². The summed E-state index contributed by atoms with van der Waals surface area (Å²) in [6.07, 6.45) is 5.93. The zero-order valence-electron chi connectivity index (χ0n) is 16.4. The minimum Gasteiger partial charge on any atom is -0.467 e. The third-order valence-electron chi connectivity index (χ3n) is 6.12. The number of carbonyl (C=O) groups is 1. The summed E-state index contributed by atoms with van der Waals surface area (Å²) in [5.74, 6) is 1.55. The van der Waals surface area contributed by atoms with Crippen molar-refractivity contribution in [3.8, 4) is 0 Å². The summed E-state index contributed by atoms with van der Waals surface area (Å²) in [5.41, 5.74) is 1.05. The highest BCUT2D eigenvalue weighted by atomic mass is 16.3. The summed E-state index contributed by atoms with van der Waals surface area (Å²) < 4.78 is 7.30. The van der Waals surface area contributed by atoms with Gasteiger partial charge in [0.1, 0.15) is 11.8 Å². The zero-order valence-corrected chi connectivity index (χ0v) is 16.4. The summed E-state index contributed by atoms with van der Waals surface area (Å²) in [4.78, 5) is 14.2. The first-order chi connectivity index (χ1) is 12.9. The van der Waals surface area contributed by atoms with Crippen LogP contribution < -0.4 is 10.2 Å². The van der Waals surface area contributed by atoms with E-state index in [0.29, 0.717) is 18.5 Å². The Bertz CT molecular complexity index is 777. The molecular weight excluding hydrogens is 342 g/mol. The van der Waals surface area contributed by atoms with Gasteiger partial charge in [-0.2, -0.15) is 0 Å². The minimum atomic E-state index is 0.0220. The summed E-state index contributed by atoms with van der Waals surface area (Å²) in [5, 5.41) is 11.7. The van der Waals surface area contributed by atoms with E-state index in [0.717, 1.165) is 43.9 Å². The first kappa shape index (κ1) is 18.2. The van der Waals surface area contributed by atoms with Crippen LogP contribution in [0.25, 0.3) is 0 Å². The Morgan fingerprint density at radius 2 is 2.30 bits per heavy atom. The van der Waals surface area contributed by atoms with E-state index in [1.54, 1.807) is 6.26 Å². The molecule has 1 amide bonds. The van der Waals surface area contributed by atoms with Gasteiger partial charge in [-0.05, 0) is 18.1 Å². The average molecular weight is 372 g/mol. The Morgan fingerprint density at radius 3 is 2.93 bits per heavy atom. The van der Waals surface area contributed by atoms with Gasteiger partial charge in [-0.3, -0.25) is 4.79 Å². The molecule has 3 fully saturated rings. The second kappa shape index (κ2) is 7.11. The third kappa shape index (κ3) is 3.93. The van der Waals surface area contributed by atoms with Crippen LogP contribution in [0.3, 0.4) is 0 Å². The molecule has 0 aliphatic carbocycles. The van der Waals surface area contributed by atoms with Crippen LogP contribution >= 0.6 is 0 Å². The molecule has 3 saturated heterocycles. The average Bonchev–Trinajstić information content (AvgIpc) is 3.31. The van der Waals surface area contributed by atoms with Crippen LogP contribution in [0.2, 0.25) is 0 Å². The number of furan rings is 1. The van der Waals surface area contributed by atoms with Gasteiger partial charge in [0.05, 0.1) is 44.1 Å². The molecule has 2 bridgehead atoms. The normalized spacial score (nSPS) is 27.7. The summed E-state index contributed by atoms with van der Waals surface area (Å²) >= 11 is 0. The van der Waals surface area contributed by atoms with Crippen molar-refractivity contribution < 1.29 is 14.1 Å². The number of piperidine rings is 3. The second-order valence-corrected chi connectivity index (χ2v) is 9.07. The molecule has 0 saturated carbocycles. The fraction of sp³-hybridized carbons (Fsp3) is 0.650. The quantitative estimate of drug-likeness (QED) is 0.813. The molecule has 0 spiro atoms. The number of carbonyl (C=O) groups excluding carboxylic acids is 1. The SMILES string of the molecule is CC(C)(C)c1cn(C[C@H]2C[C@H]3CC[NH+]2C[C@@H]3C(=O)NCc2ccco2)nn1. The van der Waals surface area contributed by atoms with E-state index in [-0.39, 0.29) is 17.2 Å². The highest BCUT2D eigenvalue weighted by Crippen LogP contribution is 2.28. The Balaban J connectivity index is 1.34. The van der Waals surface area contributed by atoms with E-state index in [9.17, 15) is 4.79 Å². The molecule has 2 aromatic heterocycles. The van der Waals surface area contributed by atoms with Crippen molar-refractivity contribution in [2.75, 3.05) is 13.1 Å². The van der Waals surface area contributed by atoms with E-state index in [1.807, 2.05) is 16.8 Å². The fourth-order valence-corrected chi connectivity index (χ4v) is 4.49. The topological polar surface area (TPSA) is 77.4 Å². The van der Waals surface area contributed by atoms with E-state index in [4.69, 9.17) is 4.42 Å². The predicted octanol–water partition coefficient (Wildman–Crippen LogP) is 0.778. The monoisotopic (exact) mass is 372 g/mol. The Kier molecular flexibility index (Phi) is 4.80. The zero-order chi connectivity index (χ0) is 19.0. The summed E-state index contributed by atoms with van der Waals surface area (Å²) in [6.45, 7) is 9.90. The molecule has 2 aromatic rings. The minimum absolute atomic E-state index is 0.0220. The van der Waals surface area contributed by atoms with Crippen LogP contribution in [0.4, 0.5) is 0 Å². The lowest BCUT2D eigenvalue weighted by molar-refractivity contribution is -0.945. The molecule has 2 N–H and O–H groups in total. The number of quaternary nitrogens is 1. The van der Waals surface area contributed by atoms with Crippen molar-refractivity contribution in [1.29, 1.82) is 0 Å². The highest BCUT2D eigenvalue weighted by Gasteiger charge is 2.46. The number of nitrogens with zero attached hydrogens (tertiary/aromatic N) is 3. The van der Waals surface area contributed by atoms with Gasteiger partial charge in [0.15, 0.2) is 0 Å². The lowest BCUT2D eigenvalue weighted by Crippen LogP contribution is -3.20. The van der Waals surface area contributed by atoms with Gasteiger partial charge in [0.2, 0.25) is 5.91 Å². The van der Waals surface area contributed by atoms with E-state index in [2.05, 4.69) is 42.6 Å². The van der Waals surface area contributed by atoms with E-state index in [1.165, 1.54) is 4.90 Å². The maximum Gasteiger partial charge on any atom is 0.229 e. The van der Waals surface area contributed by atoms with Gasteiger partial charge in [-0.25, -0.2) is 4.68 Å². The van der Waals surface area contributed by atoms with E-state index >= 15 is 0 Å². The Labute approximate surface area is 160 Å². The number of aromatic nitrogens is 3. The number of rotatable bonds is 5. The van der Waals surface area contributed by atoms with E-state index < -0.39 is 0 Å². The molecule has 4 atom stereocenters. The van der Waals surface area contributed by atoms with Gasteiger partial charge in [0, 0.05) is 24.5 Å². The molecule has 27 heavy (non-hydrogen) atoms. The number of nitrogens with one attached hydrogen (secondary N) is 2. The van der Waals surface area contributed by atoms with Crippen LogP contribution in [-0.2, 0) is 23.3 Å². The molecule has 3 aliphatic heterocycles. The number of hydrogen-bond acceptors (Lipinski definition) is 4. The first-order valence-electron chi connectivity index (χ1n) is 9.95. The Hall–Kier alpha value is -2.15. The van der Waals surface area contributed by atoms with Crippen molar-refractivity contribution in [1.82, 2.24) is 20.3 Å². The highest BCUT2D eigenvalue weighted by molar-refractivity contribution is 5.79. The second-order valence-electron chi connectivity index (χ2n) is 9.07. The first-order valence-corrected chi connectivity index (χ1v) is 9.95. The smallest absolute Gasteiger partial charge is 0.229 e. The standard InChI is InChI=1S/C20H29N5O2/c1-20(2,3)18-13-25(23-22-18)11-15-9-14-6-7-24(15)12-17(14)19(26)21-10-16-5-4-8-27-16/h4-5,8,13-15,17H,6-7,9-12H2,1-3H3,(H,21,26)/p+1/t14-,15-,17+/m1/s1. The van der Waals surface area contributed by atoms with Crippen molar-refractivity contribution in [2.24, 2.45) is 11.8 Å². The molecule has 7 heteroatoms. The van der Waals surface area contributed by atoms with Crippen LogP contribution in [0, 0.1) is 11.8 Å². The van der Waals surface area contributed by atoms with Crippen molar-refractivity contribution in [3.63, 3.8) is 0 Å². The van der Waals surface area contributed by atoms with Crippen molar-refractivity contribution >= 4 is 5.91 Å². The molecule has 0 aromatic carbocycles. The maximum atomic E-state index is 12.7. The number of hydrogen-bond donors (Lipinski definition) is 2. The lowest BCUT2D eigenvalue weighted by Gasteiger charge is -2.46. The summed E-state index contributed by atoms with van der Waals surface area (Å²) in [6, 6.07) is 4.26. The van der Waals surface area contributed by atoms with Crippen LogP contribution in [-0.4, -0.2) is 40.0 Å². The van der Waals surface area contributed by atoms with Crippen LogP contribution in [0.1, 0.15) is 45.1 Å². The number of amides is 1.